The van der Waals surface area contributed by atoms with E-state index in [0.29, 0.717) is 60.5 Å². The minimum atomic E-state index is -3.71. The Kier molecular flexibility index (Phi) is 19.5. The first-order valence-corrected chi connectivity index (χ1v) is 26.4. The van der Waals surface area contributed by atoms with Crippen molar-refractivity contribution in [1.29, 1.82) is 0 Å². The molecular weight excluding hydrogens is 959 g/mol. The summed E-state index contributed by atoms with van der Waals surface area (Å²) in [5.41, 5.74) is 4.11. The Labute approximate surface area is 419 Å². The molecule has 0 spiro atoms. The summed E-state index contributed by atoms with van der Waals surface area (Å²) in [5, 5.41) is 20.0. The Bertz CT molecular complexity index is 2930. The lowest BCUT2D eigenvalue weighted by Gasteiger charge is -2.22. The molecule has 1 aliphatic rings. The number of aliphatic hydroxyl groups excluding tert-OH is 1. The summed E-state index contributed by atoms with van der Waals surface area (Å²) in [4.78, 5) is 70.7. The van der Waals surface area contributed by atoms with Crippen molar-refractivity contribution in [2.24, 2.45) is 5.92 Å². The summed E-state index contributed by atoms with van der Waals surface area (Å²) in [6.45, 7) is 12.0. The van der Waals surface area contributed by atoms with Gasteiger partial charge in [-0.15, -0.1) is 0 Å². The van der Waals surface area contributed by atoms with Gasteiger partial charge in [0.1, 0.15) is 31.3 Å². The van der Waals surface area contributed by atoms with Gasteiger partial charge in [0.2, 0.25) is 25.3 Å². The number of aryl methyl sites for hydroxylation is 4. The lowest BCUT2D eigenvalue weighted by Crippen LogP contribution is -2.25. The number of cyclic esters (lactones) is 2. The van der Waals surface area contributed by atoms with Gasteiger partial charge in [0.25, 0.3) is 0 Å². The van der Waals surface area contributed by atoms with Crippen molar-refractivity contribution in [2.75, 3.05) is 26.4 Å². The first-order valence-electron chi connectivity index (χ1n) is 23.0. The second kappa shape index (κ2) is 25.2. The first-order chi connectivity index (χ1) is 34.3. The molecule has 0 amide bonds. The van der Waals surface area contributed by atoms with Gasteiger partial charge in [-0.25, -0.2) is 0 Å². The zero-order valence-corrected chi connectivity index (χ0v) is 43.0. The third-order valence-corrected chi connectivity index (χ3v) is 17.4. The maximum Gasteiger partial charge on any atom is 0.320 e. The number of ether oxygens (including phenoxy) is 4. The van der Waals surface area contributed by atoms with E-state index >= 15 is 0 Å². The Morgan fingerprint density at radius 2 is 0.875 bits per heavy atom. The van der Waals surface area contributed by atoms with Crippen molar-refractivity contribution in [2.45, 2.75) is 61.3 Å². The van der Waals surface area contributed by atoms with Crippen molar-refractivity contribution in [3.8, 4) is 11.5 Å². The van der Waals surface area contributed by atoms with Gasteiger partial charge < -0.3 is 38.3 Å². The fourth-order valence-corrected chi connectivity index (χ4v) is 13.4. The molecule has 72 heavy (non-hydrogen) atoms. The van der Waals surface area contributed by atoms with E-state index < -0.39 is 55.1 Å². The minimum Gasteiger partial charge on any atom is -0.491 e. The van der Waals surface area contributed by atoms with E-state index in [1.807, 2.05) is 51.1 Å². The van der Waals surface area contributed by atoms with Crippen LogP contribution >= 0.6 is 14.3 Å². The molecule has 0 radical (unpaired) electrons. The number of hydrogen-bond donors (Lipinski definition) is 2. The first kappa shape index (κ1) is 55.7. The molecule has 14 nitrogen and oxygen atoms in total. The molecule has 6 aromatic rings. The van der Waals surface area contributed by atoms with Gasteiger partial charge in [-0.2, -0.15) is 0 Å². The normalized spacial score (nSPS) is 12.5. The van der Waals surface area contributed by atoms with E-state index in [9.17, 15) is 37.9 Å². The van der Waals surface area contributed by atoms with Gasteiger partial charge in [-0.05, 0) is 70.7 Å². The van der Waals surface area contributed by atoms with E-state index in [0.717, 1.165) is 16.7 Å². The van der Waals surface area contributed by atoms with Gasteiger partial charge in [0, 0.05) is 43.5 Å². The zero-order valence-electron chi connectivity index (χ0n) is 41.2. The number of rotatable bonds is 17. The second-order valence-electron chi connectivity index (χ2n) is 16.8. The number of aliphatic carboxylic acids is 1. The van der Waals surface area contributed by atoms with Crippen LogP contribution in [0.2, 0.25) is 0 Å². The Morgan fingerprint density at radius 3 is 1.17 bits per heavy atom. The highest BCUT2D eigenvalue weighted by Crippen LogP contribution is 2.50. The molecule has 2 N–H and O–H groups in total. The van der Waals surface area contributed by atoms with Crippen LogP contribution in [0.25, 0.3) is 0 Å². The van der Waals surface area contributed by atoms with Gasteiger partial charge >= 0.3 is 23.9 Å². The van der Waals surface area contributed by atoms with Crippen LogP contribution in [0.3, 0.4) is 0 Å². The third kappa shape index (κ3) is 12.8. The number of hydrogen-bond acceptors (Lipinski definition) is 13. The van der Waals surface area contributed by atoms with Crippen molar-refractivity contribution in [3.05, 3.63) is 178 Å². The monoisotopic (exact) mass is 1020 g/mol. The van der Waals surface area contributed by atoms with Crippen LogP contribution in [0.4, 0.5) is 0 Å². The average Bonchev–Trinajstić information content (AvgIpc) is 3.77. The highest BCUT2D eigenvalue weighted by atomic mass is 31.2. The summed E-state index contributed by atoms with van der Waals surface area (Å²) >= 11 is 0. The van der Waals surface area contributed by atoms with Gasteiger partial charge in [-0.1, -0.05) is 133 Å². The van der Waals surface area contributed by atoms with Crippen LogP contribution in [0.15, 0.2) is 133 Å². The largest absolute Gasteiger partial charge is 0.491 e. The Balaban J connectivity index is 0.000000239. The van der Waals surface area contributed by atoms with Gasteiger partial charge in [0.05, 0.1) is 19.4 Å². The molecule has 1 saturated heterocycles. The molecule has 1 fully saturated rings. The Morgan fingerprint density at radius 1 is 0.542 bits per heavy atom. The maximum atomic E-state index is 14.6. The molecule has 376 valence electrons. The lowest BCUT2D eigenvalue weighted by atomic mass is 9.99. The number of aliphatic hydroxyl groups is 1. The number of carboxylic acid groups (broad SMARTS) is 1. The number of esters is 3. The van der Waals surface area contributed by atoms with Crippen LogP contribution in [0.1, 0.15) is 73.9 Å². The molecule has 0 bridgehead atoms. The van der Waals surface area contributed by atoms with E-state index in [-0.39, 0.29) is 39.3 Å². The summed E-state index contributed by atoms with van der Waals surface area (Å²) in [5.74, 6) is -3.21. The van der Waals surface area contributed by atoms with Gasteiger partial charge in [0.15, 0.2) is 5.92 Å². The molecule has 6 aromatic carbocycles. The fourth-order valence-electron chi connectivity index (χ4n) is 8.16. The van der Waals surface area contributed by atoms with E-state index in [4.69, 9.17) is 24.4 Å². The molecule has 0 aliphatic carbocycles. The molecule has 0 aromatic heterocycles. The SMILES string of the molecule is Cc1cc(C)c(C(=O)P(=O)(c2ccccc2)c2ccccc2)c(C)c1OCCO.Cc1cc(C)c(C(=O)P(=O)(c2ccccc2)c2ccccc2)c(C)c1OCCOC(=O)C(C)C(=O)O.O=C1CCC(=O)O1. The van der Waals surface area contributed by atoms with Crippen LogP contribution in [0.5, 0.6) is 11.5 Å². The average molecular weight is 1020 g/mol. The number of carbonyl (C=O) groups excluding carboxylic acids is 5. The second-order valence-corrected chi connectivity index (χ2v) is 22.2. The van der Waals surface area contributed by atoms with E-state index in [2.05, 4.69) is 4.74 Å². The van der Waals surface area contributed by atoms with Crippen LogP contribution in [0, 0.1) is 47.5 Å². The van der Waals surface area contributed by atoms with Crippen LogP contribution < -0.4 is 30.7 Å². The molecule has 1 atom stereocenters. The molecule has 1 heterocycles. The highest BCUT2D eigenvalue weighted by molar-refractivity contribution is 7.94. The molecule has 7 rings (SSSR count). The van der Waals surface area contributed by atoms with E-state index in [1.54, 1.807) is 124 Å². The number of carboxylic acids is 1. The van der Waals surface area contributed by atoms with Crippen LogP contribution in [-0.2, 0) is 37.8 Å². The van der Waals surface area contributed by atoms with E-state index in [1.165, 1.54) is 6.92 Å². The summed E-state index contributed by atoms with van der Waals surface area (Å²) < 4.78 is 49.6. The van der Waals surface area contributed by atoms with Crippen molar-refractivity contribution >= 4 is 70.4 Å². The maximum absolute atomic E-state index is 14.6. The van der Waals surface area contributed by atoms with Crippen molar-refractivity contribution in [3.63, 3.8) is 0 Å². The van der Waals surface area contributed by atoms with Gasteiger partial charge in [-0.3, -0.25) is 28.8 Å². The summed E-state index contributed by atoms with van der Waals surface area (Å²) in [6, 6.07) is 39.0. The topological polar surface area (TPSA) is 214 Å². The fraction of sp³-hybridized carbons (Fsp3) is 0.250. The molecule has 0 saturated carbocycles. The summed E-state index contributed by atoms with van der Waals surface area (Å²) in [7, 11) is -7.31. The predicted octanol–water partition coefficient (Wildman–Crippen LogP) is 8.40. The number of carbonyl (C=O) groups is 6. The summed E-state index contributed by atoms with van der Waals surface area (Å²) in [6.07, 6.45) is 0.525. The van der Waals surface area contributed by atoms with Crippen molar-refractivity contribution < 1.29 is 67.1 Å². The molecule has 1 unspecified atom stereocenters. The minimum absolute atomic E-state index is 0.0362. The molecule has 16 heteroatoms. The smallest absolute Gasteiger partial charge is 0.320 e. The molecule has 1 aliphatic heterocycles. The molecular formula is C56H58O14P2. The highest BCUT2D eigenvalue weighted by Gasteiger charge is 2.40. The number of benzene rings is 6. The zero-order chi connectivity index (χ0) is 52.8. The van der Waals surface area contributed by atoms with Crippen LogP contribution in [-0.4, -0.2) is 71.6 Å². The van der Waals surface area contributed by atoms with Crippen molar-refractivity contribution in [1.82, 2.24) is 0 Å². The predicted molar refractivity (Wildman–Crippen MR) is 276 cm³/mol. The Hall–Kier alpha value is -7.24. The third-order valence-electron chi connectivity index (χ3n) is 11.7. The standard InChI is InChI=1S/C28H29O7P.C24H25O4P.C4H4O3/c1-18-17-19(2)25(34-15-16-35-27(31)21(4)26(29)30)20(3)24(18)28(32)36(33,22-11-7-5-8-12-22)23-13-9-6-10-14-23;1-17-16-18(2)23(28-15-14-25)19(3)22(17)24(26)29(27,20-10-6-4-7-11-20)21-12-8-5-9-13-21;5-3-1-2-4(6)7-3/h5-14,17,21H,15-16H2,1-4H3,(H,29,30);4-13,16,25H,14-15H2,1-3H3;1-2H2. The lowest BCUT2D eigenvalue weighted by molar-refractivity contribution is -0.158. The quantitative estimate of drug-likeness (QED) is 0.0380.